The molecule has 0 saturated heterocycles. The van der Waals surface area contributed by atoms with Crippen LogP contribution in [0.3, 0.4) is 0 Å². The number of fused-ring (bicyclic) bond motifs is 1. The number of phenols is 1. The highest BCUT2D eigenvalue weighted by molar-refractivity contribution is 5.82. The molecule has 0 fully saturated rings. The first-order valence-electron chi connectivity index (χ1n) is 9.92. The SMILES string of the molecule is COc1c(O)cccc1-c1[c]ccc(-n2cnc3cc(Nc4ccc(C)nn4)ccc32)n1. The molecule has 5 aromatic rings. The monoisotopic (exact) mass is 423 g/mol. The molecule has 0 amide bonds. The molecule has 2 aromatic carbocycles. The molecule has 0 unspecified atom stereocenters. The second kappa shape index (κ2) is 7.99. The molecule has 0 bridgehead atoms. The Kier molecular flexibility index (Phi) is 4.87. The molecule has 3 aromatic heterocycles. The van der Waals surface area contributed by atoms with E-state index in [1.54, 1.807) is 24.5 Å². The Morgan fingerprint density at radius 2 is 1.97 bits per heavy atom. The summed E-state index contributed by atoms with van der Waals surface area (Å²) in [5.41, 5.74) is 4.65. The lowest BCUT2D eigenvalue weighted by Gasteiger charge is -2.11. The van der Waals surface area contributed by atoms with E-state index in [0.717, 1.165) is 22.4 Å². The Morgan fingerprint density at radius 1 is 1.06 bits per heavy atom. The van der Waals surface area contributed by atoms with Crippen LogP contribution in [0, 0.1) is 13.0 Å². The number of aromatic nitrogens is 5. The summed E-state index contributed by atoms with van der Waals surface area (Å²) in [6.45, 7) is 1.90. The third kappa shape index (κ3) is 3.58. The number of hydrogen-bond donors (Lipinski definition) is 2. The number of benzene rings is 2. The molecule has 0 aliphatic carbocycles. The Bertz CT molecular complexity index is 1410. The van der Waals surface area contributed by atoms with Crippen LogP contribution in [0.25, 0.3) is 28.1 Å². The van der Waals surface area contributed by atoms with Gasteiger partial charge in [0.05, 0.1) is 29.5 Å². The summed E-state index contributed by atoms with van der Waals surface area (Å²) in [6, 6.07) is 21.6. The van der Waals surface area contributed by atoms with Crippen LogP contribution in [0.5, 0.6) is 11.5 Å². The van der Waals surface area contributed by atoms with Crippen molar-refractivity contribution in [3.63, 3.8) is 0 Å². The van der Waals surface area contributed by atoms with Crippen molar-refractivity contribution in [1.29, 1.82) is 0 Å². The molecule has 3 heterocycles. The van der Waals surface area contributed by atoms with Crippen LogP contribution in [-0.4, -0.2) is 36.9 Å². The Morgan fingerprint density at radius 3 is 2.78 bits per heavy atom. The molecule has 8 nitrogen and oxygen atoms in total. The predicted molar refractivity (Wildman–Crippen MR) is 121 cm³/mol. The third-order valence-electron chi connectivity index (χ3n) is 5.00. The average molecular weight is 423 g/mol. The number of pyridine rings is 1. The van der Waals surface area contributed by atoms with Crippen LogP contribution in [0.1, 0.15) is 5.69 Å². The number of ether oxygens (including phenoxy) is 1. The van der Waals surface area contributed by atoms with E-state index in [9.17, 15) is 5.11 Å². The van der Waals surface area contributed by atoms with Gasteiger partial charge in [-0.05, 0) is 61.5 Å². The van der Waals surface area contributed by atoms with Crippen LogP contribution in [0.4, 0.5) is 11.5 Å². The fourth-order valence-electron chi connectivity index (χ4n) is 3.46. The molecule has 32 heavy (non-hydrogen) atoms. The number of methoxy groups -OCH3 is 1. The predicted octanol–water partition coefficient (Wildman–Crippen LogP) is 4.44. The summed E-state index contributed by atoms with van der Waals surface area (Å²) < 4.78 is 7.25. The van der Waals surface area contributed by atoms with Gasteiger partial charge in [-0.15, -0.1) is 5.10 Å². The standard InChI is InChI=1S/C24H19N6O2/c1-15-9-12-22(29-28-15)26-16-10-11-20-19(13-16)25-14-30(20)23-8-4-6-18(27-23)17-5-3-7-21(31)24(17)32-2/h3-5,7-14,31H,1-2H3,(H,26,29). The number of phenolic OH excluding ortho intramolecular Hbond substituents is 1. The van der Waals surface area contributed by atoms with E-state index in [0.29, 0.717) is 28.6 Å². The van der Waals surface area contributed by atoms with Crippen LogP contribution >= 0.6 is 0 Å². The summed E-state index contributed by atoms with van der Waals surface area (Å²) >= 11 is 0. The van der Waals surface area contributed by atoms with Crippen molar-refractivity contribution in [2.45, 2.75) is 6.92 Å². The lowest BCUT2D eigenvalue weighted by atomic mass is 10.1. The van der Waals surface area contributed by atoms with E-state index < -0.39 is 0 Å². The van der Waals surface area contributed by atoms with Gasteiger partial charge >= 0.3 is 0 Å². The number of imidazole rings is 1. The average Bonchev–Trinajstić information content (AvgIpc) is 3.24. The molecule has 0 spiro atoms. The van der Waals surface area contributed by atoms with Gasteiger partial charge < -0.3 is 15.2 Å². The van der Waals surface area contributed by atoms with E-state index in [4.69, 9.17) is 9.72 Å². The van der Waals surface area contributed by atoms with Gasteiger partial charge in [-0.1, -0.05) is 6.07 Å². The van der Waals surface area contributed by atoms with Crippen molar-refractivity contribution >= 4 is 22.5 Å². The minimum Gasteiger partial charge on any atom is -0.504 e. The third-order valence-corrected chi connectivity index (χ3v) is 5.00. The first kappa shape index (κ1) is 19.5. The lowest BCUT2D eigenvalue weighted by Crippen LogP contribution is -1.99. The maximum absolute atomic E-state index is 10.1. The molecule has 5 rings (SSSR count). The molecule has 0 saturated carbocycles. The first-order chi connectivity index (χ1) is 15.6. The smallest absolute Gasteiger partial charge is 0.169 e. The van der Waals surface area contributed by atoms with Crippen LogP contribution in [-0.2, 0) is 0 Å². The molecular formula is C24H19N6O2. The zero-order chi connectivity index (χ0) is 22.1. The van der Waals surface area contributed by atoms with Gasteiger partial charge in [0.2, 0.25) is 0 Å². The number of para-hydroxylation sites is 1. The molecular weight excluding hydrogens is 404 g/mol. The zero-order valence-corrected chi connectivity index (χ0v) is 17.4. The highest BCUT2D eigenvalue weighted by atomic mass is 16.5. The van der Waals surface area contributed by atoms with Gasteiger partial charge in [-0.25, -0.2) is 9.97 Å². The maximum atomic E-state index is 10.1. The molecule has 0 atom stereocenters. The fraction of sp³-hybridized carbons (Fsp3) is 0.0833. The summed E-state index contributed by atoms with van der Waals surface area (Å²) in [5, 5.41) is 21.5. The number of nitrogens with one attached hydrogen (secondary N) is 1. The highest BCUT2D eigenvalue weighted by Gasteiger charge is 2.13. The number of aromatic hydroxyl groups is 1. The first-order valence-corrected chi connectivity index (χ1v) is 9.92. The van der Waals surface area contributed by atoms with Crippen molar-refractivity contribution in [2.24, 2.45) is 0 Å². The number of anilines is 2. The van der Waals surface area contributed by atoms with E-state index in [1.807, 2.05) is 54.0 Å². The largest absolute Gasteiger partial charge is 0.504 e. The van der Waals surface area contributed by atoms with Crippen LogP contribution < -0.4 is 10.1 Å². The van der Waals surface area contributed by atoms with E-state index >= 15 is 0 Å². The van der Waals surface area contributed by atoms with Crippen molar-refractivity contribution in [3.8, 4) is 28.6 Å². The van der Waals surface area contributed by atoms with Gasteiger partial charge in [0.1, 0.15) is 12.1 Å². The van der Waals surface area contributed by atoms with Gasteiger partial charge in [0.25, 0.3) is 0 Å². The second-order valence-electron chi connectivity index (χ2n) is 7.16. The summed E-state index contributed by atoms with van der Waals surface area (Å²) in [4.78, 5) is 9.26. The number of hydrogen-bond acceptors (Lipinski definition) is 7. The van der Waals surface area contributed by atoms with Crippen LogP contribution in [0.2, 0.25) is 0 Å². The van der Waals surface area contributed by atoms with Crippen molar-refractivity contribution in [1.82, 2.24) is 24.7 Å². The number of rotatable bonds is 5. The molecule has 0 aliphatic rings. The topological polar surface area (TPSA) is 98.0 Å². The fourth-order valence-corrected chi connectivity index (χ4v) is 3.46. The van der Waals surface area contributed by atoms with Gasteiger partial charge in [-0.2, -0.15) is 5.10 Å². The van der Waals surface area contributed by atoms with Crippen molar-refractivity contribution < 1.29 is 9.84 Å². The van der Waals surface area contributed by atoms with Gasteiger partial charge in [0.15, 0.2) is 17.3 Å². The highest BCUT2D eigenvalue weighted by Crippen LogP contribution is 2.36. The Labute approximate surface area is 184 Å². The molecule has 2 N–H and O–H groups in total. The quantitative estimate of drug-likeness (QED) is 0.431. The molecule has 157 valence electrons. The van der Waals surface area contributed by atoms with Gasteiger partial charge in [0, 0.05) is 17.3 Å². The van der Waals surface area contributed by atoms with Crippen molar-refractivity contribution in [3.05, 3.63) is 78.8 Å². The number of aryl methyl sites for hydroxylation is 1. The van der Waals surface area contributed by atoms with E-state index in [1.165, 1.54) is 7.11 Å². The molecule has 1 radical (unpaired) electrons. The summed E-state index contributed by atoms with van der Waals surface area (Å²) in [7, 11) is 1.51. The zero-order valence-electron chi connectivity index (χ0n) is 17.4. The van der Waals surface area contributed by atoms with Crippen LogP contribution in [0.15, 0.2) is 67.0 Å². The van der Waals surface area contributed by atoms with E-state index in [-0.39, 0.29) is 5.75 Å². The van der Waals surface area contributed by atoms with E-state index in [2.05, 4.69) is 26.6 Å². The van der Waals surface area contributed by atoms with Crippen molar-refractivity contribution in [2.75, 3.05) is 12.4 Å². The maximum Gasteiger partial charge on any atom is 0.169 e. The molecule has 0 aliphatic heterocycles. The normalized spacial score (nSPS) is 10.9. The summed E-state index contributed by atoms with van der Waals surface area (Å²) in [6.07, 6.45) is 1.73. The Balaban J connectivity index is 1.50. The number of nitrogens with zero attached hydrogens (tertiary/aromatic N) is 5. The minimum absolute atomic E-state index is 0.0528. The molecule has 8 heteroatoms. The van der Waals surface area contributed by atoms with Gasteiger partial charge in [-0.3, -0.25) is 4.57 Å². The minimum atomic E-state index is 0.0528. The summed E-state index contributed by atoms with van der Waals surface area (Å²) in [5.74, 6) is 1.76. The second-order valence-corrected chi connectivity index (χ2v) is 7.16. The lowest BCUT2D eigenvalue weighted by molar-refractivity contribution is 0.375. The Hall–Kier alpha value is -4.46.